The molecule has 1 atom stereocenters. The minimum Gasteiger partial charge on any atom is -0.466 e. The molecule has 0 saturated heterocycles. The molecule has 1 unspecified atom stereocenters. The average molecular weight is 173 g/mol. The van der Waals surface area contributed by atoms with Gasteiger partial charge in [0.25, 0.3) is 0 Å². The number of aliphatic hydroxyl groups is 1. The summed E-state index contributed by atoms with van der Waals surface area (Å²) in [5.74, 6) is -0.447. The van der Waals surface area contributed by atoms with E-state index >= 15 is 0 Å². The molecule has 1 radical (unpaired) electrons. The van der Waals surface area contributed by atoms with Gasteiger partial charge in [0.15, 0.2) is 0 Å². The quantitative estimate of drug-likeness (QED) is 0.515. The number of aliphatic hydroxyl groups excluding tert-OH is 1. The van der Waals surface area contributed by atoms with E-state index in [0.29, 0.717) is 18.4 Å². The minimum atomic E-state index is -0.485. The number of carbonyl (C=O) groups excluding carboxylic acids is 1. The Labute approximate surface area is 74.0 Å². The molecule has 0 aromatic carbocycles. The van der Waals surface area contributed by atoms with Crippen LogP contribution in [0.1, 0.15) is 19.8 Å². The topological polar surface area (TPSA) is 46.5 Å². The molecule has 3 heteroatoms. The average Bonchev–Trinajstić information content (AvgIpc) is 2.02. The van der Waals surface area contributed by atoms with Gasteiger partial charge in [-0.1, -0.05) is 20.9 Å². The van der Waals surface area contributed by atoms with Crippen molar-refractivity contribution < 1.29 is 14.6 Å². The van der Waals surface area contributed by atoms with Crippen molar-refractivity contribution in [1.82, 2.24) is 0 Å². The van der Waals surface area contributed by atoms with Gasteiger partial charge in [-0.15, -0.1) is 0 Å². The van der Waals surface area contributed by atoms with Crippen LogP contribution >= 0.6 is 0 Å². The van der Waals surface area contributed by atoms with Crippen LogP contribution in [-0.4, -0.2) is 24.3 Å². The van der Waals surface area contributed by atoms with Crippen LogP contribution in [0.25, 0.3) is 0 Å². The van der Waals surface area contributed by atoms with E-state index in [1.807, 2.05) is 6.92 Å². The van der Waals surface area contributed by atoms with Crippen molar-refractivity contribution in [2.24, 2.45) is 0 Å². The van der Waals surface area contributed by atoms with Crippen molar-refractivity contribution >= 4 is 5.97 Å². The molecule has 0 amide bonds. The van der Waals surface area contributed by atoms with Gasteiger partial charge in [-0.2, -0.15) is 0 Å². The van der Waals surface area contributed by atoms with Gasteiger partial charge in [0.05, 0.1) is 13.2 Å². The summed E-state index contributed by atoms with van der Waals surface area (Å²) in [6.07, 6.45) is 0.431. The van der Waals surface area contributed by atoms with Crippen molar-refractivity contribution in [3.05, 3.63) is 19.6 Å². The monoisotopic (exact) mass is 173 g/mol. The van der Waals surface area contributed by atoms with Gasteiger partial charge in [0.2, 0.25) is 0 Å². The number of hydrogen-bond donors (Lipinski definition) is 1. The van der Waals surface area contributed by atoms with Gasteiger partial charge in [-0.25, -0.2) is 4.79 Å². The Kier molecular flexibility index (Phi) is 7.85. The minimum absolute atomic E-state index is 0. The van der Waals surface area contributed by atoms with Gasteiger partial charge in [-0.05, 0) is 6.42 Å². The summed E-state index contributed by atoms with van der Waals surface area (Å²) in [6, 6.07) is 0. The van der Waals surface area contributed by atoms with E-state index in [-0.39, 0.29) is 7.43 Å². The maximum Gasteiger partial charge on any atom is 0.333 e. The predicted octanol–water partition coefficient (Wildman–Crippen LogP) is 1.33. The zero-order valence-electron chi connectivity index (χ0n) is 7.96. The Morgan fingerprint density at radius 2 is 2.17 bits per heavy atom. The second-order valence-electron chi connectivity index (χ2n) is 2.36. The van der Waals surface area contributed by atoms with Gasteiger partial charge < -0.3 is 9.84 Å². The maximum atomic E-state index is 10.7. The van der Waals surface area contributed by atoms with Crippen molar-refractivity contribution in [2.75, 3.05) is 7.11 Å². The van der Waals surface area contributed by atoms with Crippen molar-refractivity contribution in [3.8, 4) is 0 Å². The third-order valence-electron chi connectivity index (χ3n) is 1.43. The Morgan fingerprint density at radius 1 is 1.67 bits per heavy atom. The molecule has 12 heavy (non-hydrogen) atoms. The maximum absolute atomic E-state index is 10.7. The second kappa shape index (κ2) is 6.85. The Balaban J connectivity index is 0. The molecule has 0 aliphatic rings. The van der Waals surface area contributed by atoms with Crippen LogP contribution in [0.5, 0.6) is 0 Å². The highest BCUT2D eigenvalue weighted by atomic mass is 16.5. The lowest BCUT2D eigenvalue weighted by Crippen LogP contribution is -2.11. The van der Waals surface area contributed by atoms with Gasteiger partial charge in [0.1, 0.15) is 0 Å². The molecule has 0 aliphatic heterocycles. The van der Waals surface area contributed by atoms with E-state index in [0.717, 1.165) is 0 Å². The summed E-state index contributed by atoms with van der Waals surface area (Å²) in [5, 5.41) is 9.10. The molecule has 0 heterocycles. The van der Waals surface area contributed by atoms with E-state index in [4.69, 9.17) is 5.11 Å². The largest absolute Gasteiger partial charge is 0.466 e. The Bertz CT molecular complexity index is 152. The predicted molar refractivity (Wildman–Crippen MR) is 48.5 cm³/mol. The second-order valence-corrected chi connectivity index (χ2v) is 2.36. The van der Waals surface area contributed by atoms with Gasteiger partial charge >= 0.3 is 5.97 Å². The summed E-state index contributed by atoms with van der Waals surface area (Å²) in [5.41, 5.74) is 0.321. The molecule has 0 bridgehead atoms. The van der Waals surface area contributed by atoms with Crippen LogP contribution in [-0.2, 0) is 9.53 Å². The van der Waals surface area contributed by atoms with Crippen LogP contribution in [0, 0.1) is 7.43 Å². The first-order valence-electron chi connectivity index (χ1n) is 3.56. The zero-order valence-corrected chi connectivity index (χ0v) is 7.96. The lowest BCUT2D eigenvalue weighted by atomic mass is 10.1. The highest BCUT2D eigenvalue weighted by Gasteiger charge is 2.10. The first-order valence-corrected chi connectivity index (χ1v) is 3.56. The molecule has 0 saturated carbocycles. The third-order valence-corrected chi connectivity index (χ3v) is 1.43. The normalized spacial score (nSPS) is 11.2. The van der Waals surface area contributed by atoms with Gasteiger partial charge in [0, 0.05) is 12.0 Å². The smallest absolute Gasteiger partial charge is 0.333 e. The number of methoxy groups -OCH3 is 1. The SMILES string of the molecule is C=C(CC(O)CC)C(=O)OC.[CH3]. The van der Waals surface area contributed by atoms with Crippen molar-refractivity contribution in [2.45, 2.75) is 25.9 Å². The summed E-state index contributed by atoms with van der Waals surface area (Å²) in [7, 11) is 1.30. The molecule has 71 valence electrons. The Hall–Kier alpha value is -0.830. The summed E-state index contributed by atoms with van der Waals surface area (Å²) >= 11 is 0. The fourth-order valence-corrected chi connectivity index (χ4v) is 0.656. The molecule has 3 nitrogen and oxygen atoms in total. The standard InChI is InChI=1S/C8H14O3.CH3/c1-4-7(9)5-6(2)8(10)11-3;/h7,9H,2,4-5H2,1,3H3;1H3. The highest BCUT2D eigenvalue weighted by Crippen LogP contribution is 2.06. The number of rotatable bonds is 4. The van der Waals surface area contributed by atoms with E-state index in [1.54, 1.807) is 0 Å². The number of carbonyl (C=O) groups is 1. The fourth-order valence-electron chi connectivity index (χ4n) is 0.656. The molecule has 0 rings (SSSR count). The molecule has 0 aromatic rings. The Morgan fingerprint density at radius 3 is 2.50 bits per heavy atom. The molecule has 0 aromatic heterocycles. The molecule has 0 fully saturated rings. The van der Waals surface area contributed by atoms with Crippen LogP contribution < -0.4 is 0 Å². The molecule has 0 aliphatic carbocycles. The van der Waals surface area contributed by atoms with Crippen LogP contribution in [0.15, 0.2) is 12.2 Å². The van der Waals surface area contributed by atoms with Crippen LogP contribution in [0.2, 0.25) is 0 Å². The van der Waals surface area contributed by atoms with Crippen LogP contribution in [0.4, 0.5) is 0 Å². The molecule has 1 N–H and O–H groups in total. The molecular formula is C9H17O3. The molecule has 0 spiro atoms. The summed E-state index contributed by atoms with van der Waals surface area (Å²) < 4.78 is 4.41. The zero-order chi connectivity index (χ0) is 8.85. The van der Waals surface area contributed by atoms with Crippen molar-refractivity contribution in [1.29, 1.82) is 0 Å². The number of ether oxygens (including phenoxy) is 1. The molecular weight excluding hydrogens is 156 g/mol. The summed E-state index contributed by atoms with van der Waals surface area (Å²) in [6.45, 7) is 5.32. The number of esters is 1. The highest BCUT2D eigenvalue weighted by molar-refractivity contribution is 5.87. The lowest BCUT2D eigenvalue weighted by Gasteiger charge is -2.07. The third kappa shape index (κ3) is 4.91. The van der Waals surface area contributed by atoms with E-state index in [1.165, 1.54) is 7.11 Å². The van der Waals surface area contributed by atoms with E-state index < -0.39 is 12.1 Å². The van der Waals surface area contributed by atoms with E-state index in [2.05, 4.69) is 11.3 Å². The number of hydrogen-bond acceptors (Lipinski definition) is 3. The lowest BCUT2D eigenvalue weighted by molar-refractivity contribution is -0.136. The summed E-state index contributed by atoms with van der Waals surface area (Å²) in [4.78, 5) is 10.7. The van der Waals surface area contributed by atoms with Gasteiger partial charge in [-0.3, -0.25) is 0 Å². The van der Waals surface area contributed by atoms with Crippen LogP contribution in [0.3, 0.4) is 0 Å². The fraction of sp³-hybridized carbons (Fsp3) is 0.556. The first-order chi connectivity index (χ1) is 5.11. The first kappa shape index (κ1) is 13.7. The van der Waals surface area contributed by atoms with Crippen molar-refractivity contribution in [3.63, 3.8) is 0 Å². The van der Waals surface area contributed by atoms with E-state index in [9.17, 15) is 4.79 Å².